The fourth-order valence-electron chi connectivity index (χ4n) is 2.21. The Morgan fingerprint density at radius 1 is 1.40 bits per heavy atom. The highest BCUT2D eigenvalue weighted by atomic mass is 35.5. The van der Waals surface area contributed by atoms with Crippen molar-refractivity contribution in [2.45, 2.75) is 20.3 Å². The minimum absolute atomic E-state index is 0.00852. The molecule has 3 nitrogen and oxygen atoms in total. The molecule has 0 aliphatic heterocycles. The van der Waals surface area contributed by atoms with Crippen molar-refractivity contribution in [3.05, 3.63) is 41.0 Å². The van der Waals surface area contributed by atoms with Gasteiger partial charge in [-0.3, -0.25) is 4.79 Å². The van der Waals surface area contributed by atoms with Crippen LogP contribution in [0.2, 0.25) is 5.15 Å². The number of benzene rings is 1. The molecule has 1 aromatic heterocycles. The third-order valence-corrected chi connectivity index (χ3v) is 3.74. The van der Waals surface area contributed by atoms with Crippen molar-refractivity contribution in [1.29, 1.82) is 0 Å². The standard InChI is InChI=1S/C16H19ClN2O/c1-4-11(2)10-19(3)16(20)13-9-15(17)18-14-8-6-5-7-12(13)14/h5-9,11H,4,10H2,1-3H3. The molecule has 0 fully saturated rings. The molecular weight excluding hydrogens is 272 g/mol. The summed E-state index contributed by atoms with van der Waals surface area (Å²) in [6.45, 7) is 5.01. The number of pyridine rings is 1. The number of hydrogen-bond acceptors (Lipinski definition) is 2. The predicted octanol–water partition coefficient (Wildman–Crippen LogP) is 4.01. The van der Waals surface area contributed by atoms with Crippen molar-refractivity contribution < 1.29 is 4.79 Å². The van der Waals surface area contributed by atoms with E-state index >= 15 is 0 Å². The van der Waals surface area contributed by atoms with Crippen LogP contribution in [0.3, 0.4) is 0 Å². The number of fused-ring (bicyclic) bond motifs is 1. The van der Waals surface area contributed by atoms with Crippen LogP contribution in [-0.4, -0.2) is 29.4 Å². The molecule has 2 rings (SSSR count). The maximum absolute atomic E-state index is 12.6. The van der Waals surface area contributed by atoms with Crippen LogP contribution in [-0.2, 0) is 0 Å². The van der Waals surface area contributed by atoms with Crippen molar-refractivity contribution in [2.75, 3.05) is 13.6 Å². The molecule has 1 amide bonds. The van der Waals surface area contributed by atoms with E-state index in [0.717, 1.165) is 23.9 Å². The van der Waals surface area contributed by atoms with Crippen LogP contribution in [0.4, 0.5) is 0 Å². The lowest BCUT2D eigenvalue weighted by molar-refractivity contribution is 0.0777. The molecule has 0 saturated heterocycles. The molecule has 0 aliphatic rings. The Hall–Kier alpha value is -1.61. The molecule has 20 heavy (non-hydrogen) atoms. The van der Waals surface area contributed by atoms with Gasteiger partial charge in [0.15, 0.2) is 0 Å². The average Bonchev–Trinajstić information content (AvgIpc) is 2.45. The number of rotatable bonds is 4. The molecule has 1 atom stereocenters. The molecule has 0 aliphatic carbocycles. The second kappa shape index (κ2) is 6.23. The third kappa shape index (κ3) is 3.10. The Morgan fingerprint density at radius 3 is 2.80 bits per heavy atom. The quantitative estimate of drug-likeness (QED) is 0.797. The van der Waals surface area contributed by atoms with Gasteiger partial charge in [0.05, 0.1) is 11.1 Å². The second-order valence-corrected chi connectivity index (χ2v) is 5.60. The highest BCUT2D eigenvalue weighted by Gasteiger charge is 2.17. The summed E-state index contributed by atoms with van der Waals surface area (Å²) >= 11 is 6.02. The van der Waals surface area contributed by atoms with E-state index in [0.29, 0.717) is 16.6 Å². The summed E-state index contributed by atoms with van der Waals surface area (Å²) in [6, 6.07) is 9.22. The topological polar surface area (TPSA) is 33.2 Å². The summed E-state index contributed by atoms with van der Waals surface area (Å²) in [5.41, 5.74) is 1.37. The van der Waals surface area contributed by atoms with E-state index in [1.54, 1.807) is 11.0 Å². The number of nitrogens with zero attached hydrogens (tertiary/aromatic N) is 2. The molecule has 106 valence electrons. The zero-order valence-corrected chi connectivity index (χ0v) is 12.8. The zero-order chi connectivity index (χ0) is 14.7. The van der Waals surface area contributed by atoms with E-state index in [-0.39, 0.29) is 5.91 Å². The second-order valence-electron chi connectivity index (χ2n) is 5.21. The molecule has 0 radical (unpaired) electrons. The van der Waals surface area contributed by atoms with Crippen molar-refractivity contribution in [1.82, 2.24) is 9.88 Å². The van der Waals surface area contributed by atoms with Crippen LogP contribution in [0.5, 0.6) is 0 Å². The van der Waals surface area contributed by atoms with Gasteiger partial charge in [-0.1, -0.05) is 50.1 Å². The predicted molar refractivity (Wildman–Crippen MR) is 83.2 cm³/mol. The third-order valence-electron chi connectivity index (χ3n) is 3.54. The van der Waals surface area contributed by atoms with E-state index in [4.69, 9.17) is 11.6 Å². The Labute approximate surface area is 124 Å². The van der Waals surface area contributed by atoms with E-state index in [1.807, 2.05) is 31.3 Å². The fourth-order valence-corrected chi connectivity index (χ4v) is 2.41. The average molecular weight is 291 g/mol. The Bertz CT molecular complexity index is 627. The monoisotopic (exact) mass is 290 g/mol. The fraction of sp³-hybridized carbons (Fsp3) is 0.375. The molecule has 0 N–H and O–H groups in total. The number of halogens is 1. The first-order valence-corrected chi connectivity index (χ1v) is 7.21. The van der Waals surface area contributed by atoms with Gasteiger partial charge in [0.1, 0.15) is 5.15 Å². The van der Waals surface area contributed by atoms with Gasteiger partial charge in [0.2, 0.25) is 0 Å². The van der Waals surface area contributed by atoms with Crippen LogP contribution in [0, 0.1) is 5.92 Å². The lowest BCUT2D eigenvalue weighted by Crippen LogP contribution is -2.31. The molecule has 0 saturated carbocycles. The number of para-hydroxylation sites is 1. The van der Waals surface area contributed by atoms with Gasteiger partial charge in [0, 0.05) is 19.0 Å². The number of carbonyl (C=O) groups excluding carboxylic acids is 1. The normalized spacial score (nSPS) is 12.4. The Balaban J connectivity index is 2.39. The molecule has 1 heterocycles. The lowest BCUT2D eigenvalue weighted by atomic mass is 10.1. The Morgan fingerprint density at radius 2 is 2.10 bits per heavy atom. The minimum Gasteiger partial charge on any atom is -0.341 e. The number of carbonyl (C=O) groups is 1. The number of aromatic nitrogens is 1. The van der Waals surface area contributed by atoms with Crippen LogP contribution in [0.15, 0.2) is 30.3 Å². The maximum atomic E-state index is 12.6. The van der Waals surface area contributed by atoms with Crippen LogP contribution in [0.25, 0.3) is 10.9 Å². The van der Waals surface area contributed by atoms with E-state index < -0.39 is 0 Å². The van der Waals surface area contributed by atoms with Gasteiger partial charge in [-0.2, -0.15) is 0 Å². The smallest absolute Gasteiger partial charge is 0.254 e. The largest absolute Gasteiger partial charge is 0.341 e. The van der Waals surface area contributed by atoms with Gasteiger partial charge in [-0.15, -0.1) is 0 Å². The molecule has 4 heteroatoms. The van der Waals surface area contributed by atoms with Crippen LogP contribution < -0.4 is 0 Å². The zero-order valence-electron chi connectivity index (χ0n) is 12.1. The van der Waals surface area contributed by atoms with E-state index in [9.17, 15) is 4.79 Å². The highest BCUT2D eigenvalue weighted by Crippen LogP contribution is 2.22. The maximum Gasteiger partial charge on any atom is 0.254 e. The number of hydrogen-bond donors (Lipinski definition) is 0. The van der Waals surface area contributed by atoms with Crippen molar-refractivity contribution in [3.8, 4) is 0 Å². The summed E-state index contributed by atoms with van der Waals surface area (Å²) in [6.07, 6.45) is 1.05. The van der Waals surface area contributed by atoms with Crippen LogP contribution >= 0.6 is 11.6 Å². The first-order chi connectivity index (χ1) is 9.52. The van der Waals surface area contributed by atoms with Crippen LogP contribution in [0.1, 0.15) is 30.6 Å². The van der Waals surface area contributed by atoms with Gasteiger partial charge in [-0.25, -0.2) is 4.98 Å². The summed E-state index contributed by atoms with van der Waals surface area (Å²) < 4.78 is 0. The molecule has 1 aromatic carbocycles. The minimum atomic E-state index is -0.00852. The lowest BCUT2D eigenvalue weighted by Gasteiger charge is -2.21. The Kier molecular flexibility index (Phi) is 4.61. The first-order valence-electron chi connectivity index (χ1n) is 6.83. The molecular formula is C16H19ClN2O. The van der Waals surface area contributed by atoms with Gasteiger partial charge < -0.3 is 4.90 Å². The van der Waals surface area contributed by atoms with Gasteiger partial charge in [0.25, 0.3) is 5.91 Å². The van der Waals surface area contributed by atoms with Gasteiger partial charge in [-0.05, 0) is 18.1 Å². The molecule has 0 bridgehead atoms. The SMILES string of the molecule is CCC(C)CN(C)C(=O)c1cc(Cl)nc2ccccc12. The van der Waals surface area contributed by atoms with Crippen molar-refractivity contribution in [2.24, 2.45) is 5.92 Å². The summed E-state index contributed by atoms with van der Waals surface area (Å²) in [5.74, 6) is 0.471. The highest BCUT2D eigenvalue weighted by molar-refractivity contribution is 6.30. The molecule has 2 aromatic rings. The van der Waals surface area contributed by atoms with Crippen molar-refractivity contribution in [3.63, 3.8) is 0 Å². The first kappa shape index (κ1) is 14.8. The summed E-state index contributed by atoms with van der Waals surface area (Å²) in [4.78, 5) is 18.6. The van der Waals surface area contributed by atoms with E-state index in [2.05, 4.69) is 18.8 Å². The van der Waals surface area contributed by atoms with Gasteiger partial charge >= 0.3 is 0 Å². The summed E-state index contributed by atoms with van der Waals surface area (Å²) in [7, 11) is 1.83. The van der Waals surface area contributed by atoms with Crippen molar-refractivity contribution >= 4 is 28.4 Å². The van der Waals surface area contributed by atoms with E-state index in [1.165, 1.54) is 0 Å². The number of amides is 1. The molecule has 1 unspecified atom stereocenters. The molecule has 0 spiro atoms. The summed E-state index contributed by atoms with van der Waals surface area (Å²) in [5, 5.41) is 1.20.